The molecule has 0 unspecified atom stereocenters. The van der Waals surface area contributed by atoms with Crippen LogP contribution in [0.2, 0.25) is 0 Å². The van der Waals surface area contributed by atoms with E-state index in [1.54, 1.807) is 0 Å². The lowest BCUT2D eigenvalue weighted by molar-refractivity contribution is 0.660. The summed E-state index contributed by atoms with van der Waals surface area (Å²) in [5, 5.41) is 20.5. The van der Waals surface area contributed by atoms with Crippen LogP contribution in [-0.2, 0) is 10.8 Å². The smallest absolute Gasteiger partial charge is 0.212 e. The largest absolute Gasteiger partial charge is 0.319 e. The predicted molar refractivity (Wildman–Crippen MR) is 381 cm³/mol. The number of rotatable bonds is 6. The number of hydrogen-bond donors (Lipinski definition) is 0. The molecule has 0 fully saturated rings. The lowest BCUT2D eigenvalue weighted by Gasteiger charge is -2.22. The van der Waals surface area contributed by atoms with E-state index in [2.05, 4.69) is 312 Å². The average Bonchev–Trinajstić information content (AvgIpc) is 1.55. The molecule has 0 bridgehead atoms. The molecule has 0 saturated heterocycles. The molecule has 0 radical (unpaired) electrons. The van der Waals surface area contributed by atoms with E-state index in [9.17, 15) is 11.8 Å². The van der Waals surface area contributed by atoms with Crippen molar-refractivity contribution in [3.05, 3.63) is 306 Å². The zero-order valence-corrected chi connectivity index (χ0v) is 51.1. The summed E-state index contributed by atoms with van der Waals surface area (Å²) in [5.74, 6) is 0. The lowest BCUT2D eigenvalue weighted by Crippen LogP contribution is -2.14. The summed E-state index contributed by atoms with van der Waals surface area (Å²) >= 11 is 0. The van der Waals surface area contributed by atoms with Crippen molar-refractivity contribution in [2.24, 2.45) is 0 Å². The van der Waals surface area contributed by atoms with Gasteiger partial charge < -0.3 is 18.3 Å². The molecular formula is C86H56N6. The van der Waals surface area contributed by atoms with Gasteiger partial charge in [0.1, 0.15) is 6.07 Å². The van der Waals surface area contributed by atoms with Crippen molar-refractivity contribution in [3.8, 4) is 73.3 Å². The van der Waals surface area contributed by atoms with Crippen LogP contribution in [0.5, 0.6) is 0 Å². The number of nitriles is 1. The molecule has 6 nitrogen and oxygen atoms in total. The molecule has 0 atom stereocenters. The van der Waals surface area contributed by atoms with Gasteiger partial charge >= 0.3 is 0 Å². The summed E-state index contributed by atoms with van der Waals surface area (Å²) in [6.07, 6.45) is 0. The highest BCUT2D eigenvalue weighted by atomic mass is 15.0. The highest BCUT2D eigenvalue weighted by molar-refractivity contribution is 6.22. The molecule has 0 spiro atoms. The van der Waals surface area contributed by atoms with E-state index in [1.165, 1.54) is 44.5 Å². The van der Waals surface area contributed by atoms with E-state index in [-0.39, 0.29) is 10.8 Å². The summed E-state index contributed by atoms with van der Waals surface area (Å²) in [6.45, 7) is 18.6. The Morgan fingerprint density at radius 1 is 0.304 bits per heavy atom. The van der Waals surface area contributed by atoms with Crippen molar-refractivity contribution in [2.75, 3.05) is 0 Å². The topological polar surface area (TPSA) is 47.9 Å². The van der Waals surface area contributed by atoms with Crippen molar-refractivity contribution in [3.63, 3.8) is 0 Å². The van der Waals surface area contributed by atoms with Crippen LogP contribution in [0, 0.1) is 17.9 Å². The summed E-state index contributed by atoms with van der Waals surface area (Å²) in [7, 11) is 0. The summed E-state index contributed by atoms with van der Waals surface area (Å²) in [4.78, 5) is 4.47. The summed E-state index contributed by atoms with van der Waals surface area (Å²) in [5.41, 5.74) is 27.2. The SMILES string of the molecule is [C-]#[N+]c1cc(-n2c3ccc(-c4ccc5c(c4)C(C)(C)c4ccccc4-5)cc3c3cc4c(cc32)c2ccccc2n4-c2ccccc2)c(C#N)cc1-n1c2ccc(-c3ccc4c(c3)C(C)(C)c3ccccc3-4)cc2c2cc3c(cc21)c1ccccc1n3-c1ccccc1. The Labute approximate surface area is 531 Å². The first-order valence-corrected chi connectivity index (χ1v) is 31.7. The van der Waals surface area contributed by atoms with Crippen LogP contribution in [-0.4, -0.2) is 18.3 Å². The van der Waals surface area contributed by atoms with Gasteiger partial charge in [-0.1, -0.05) is 185 Å². The van der Waals surface area contributed by atoms with E-state index in [0.717, 1.165) is 121 Å². The van der Waals surface area contributed by atoms with E-state index < -0.39 is 0 Å². The van der Waals surface area contributed by atoms with Crippen LogP contribution in [0.1, 0.15) is 55.5 Å². The quantitative estimate of drug-likeness (QED) is 0.153. The molecule has 4 aromatic heterocycles. The van der Waals surface area contributed by atoms with Crippen LogP contribution in [0.15, 0.2) is 267 Å². The Balaban J connectivity index is 0.858. The minimum atomic E-state index is -0.162. The van der Waals surface area contributed by atoms with E-state index >= 15 is 0 Å². The van der Waals surface area contributed by atoms with Crippen LogP contribution >= 0.6 is 0 Å². The van der Waals surface area contributed by atoms with Gasteiger partial charge in [-0.2, -0.15) is 5.26 Å². The van der Waals surface area contributed by atoms with Crippen molar-refractivity contribution >= 4 is 92.9 Å². The number of hydrogen-bond acceptors (Lipinski definition) is 1. The first-order chi connectivity index (χ1) is 45.0. The lowest BCUT2D eigenvalue weighted by atomic mass is 9.81. The minimum absolute atomic E-state index is 0.162. The number of fused-ring (bicyclic) bond motifs is 18. The number of nitrogens with zero attached hydrogens (tertiary/aromatic N) is 6. The molecule has 13 aromatic carbocycles. The Kier molecular flexibility index (Phi) is 10.6. The first kappa shape index (κ1) is 52.0. The molecule has 430 valence electrons. The second-order valence-corrected chi connectivity index (χ2v) is 26.2. The molecule has 0 saturated carbocycles. The number of benzene rings is 13. The summed E-state index contributed by atoms with van der Waals surface area (Å²) in [6, 6.07) is 99.6. The highest BCUT2D eigenvalue weighted by Crippen LogP contribution is 2.53. The van der Waals surface area contributed by atoms with Crippen LogP contribution in [0.25, 0.3) is 159 Å². The third-order valence-corrected chi connectivity index (χ3v) is 20.8. The zero-order valence-electron chi connectivity index (χ0n) is 51.1. The fourth-order valence-electron chi connectivity index (χ4n) is 16.4. The molecule has 0 aliphatic heterocycles. The van der Waals surface area contributed by atoms with Crippen LogP contribution in [0.4, 0.5) is 5.69 Å². The van der Waals surface area contributed by atoms with Gasteiger partial charge in [0.05, 0.1) is 67.6 Å². The Morgan fingerprint density at radius 3 is 1.13 bits per heavy atom. The maximum absolute atomic E-state index is 11.8. The predicted octanol–water partition coefficient (Wildman–Crippen LogP) is 22.4. The fourth-order valence-corrected chi connectivity index (χ4v) is 16.4. The molecule has 2 aliphatic rings. The number of aromatic nitrogens is 4. The van der Waals surface area contributed by atoms with Crippen molar-refractivity contribution in [1.82, 2.24) is 18.3 Å². The van der Waals surface area contributed by atoms with Crippen LogP contribution in [0.3, 0.4) is 0 Å². The van der Waals surface area contributed by atoms with Gasteiger partial charge in [0.25, 0.3) is 0 Å². The van der Waals surface area contributed by atoms with Gasteiger partial charge in [-0.25, -0.2) is 4.85 Å². The van der Waals surface area contributed by atoms with Crippen molar-refractivity contribution in [1.29, 1.82) is 5.26 Å². The second kappa shape index (κ2) is 18.8. The Hall–Kier alpha value is -12.0. The zero-order chi connectivity index (χ0) is 61.5. The van der Waals surface area contributed by atoms with Gasteiger partial charge in [0, 0.05) is 65.3 Å². The highest BCUT2D eigenvalue weighted by Gasteiger charge is 2.37. The summed E-state index contributed by atoms with van der Waals surface area (Å²) < 4.78 is 9.24. The minimum Gasteiger partial charge on any atom is -0.319 e. The van der Waals surface area contributed by atoms with Gasteiger partial charge in [-0.05, 0) is 176 Å². The van der Waals surface area contributed by atoms with Crippen LogP contribution < -0.4 is 0 Å². The van der Waals surface area contributed by atoms with E-state index in [0.29, 0.717) is 22.6 Å². The second-order valence-electron chi connectivity index (χ2n) is 26.2. The molecule has 19 rings (SSSR count). The van der Waals surface area contributed by atoms with E-state index in [4.69, 9.17) is 0 Å². The van der Waals surface area contributed by atoms with Crippen molar-refractivity contribution in [2.45, 2.75) is 38.5 Å². The molecule has 6 heteroatoms. The van der Waals surface area contributed by atoms with E-state index in [1.807, 2.05) is 12.1 Å². The van der Waals surface area contributed by atoms with Crippen molar-refractivity contribution < 1.29 is 0 Å². The average molecular weight is 1170 g/mol. The van der Waals surface area contributed by atoms with Gasteiger partial charge in [-0.15, -0.1) is 0 Å². The maximum Gasteiger partial charge on any atom is 0.212 e. The first-order valence-electron chi connectivity index (χ1n) is 31.7. The monoisotopic (exact) mass is 1170 g/mol. The third-order valence-electron chi connectivity index (χ3n) is 20.8. The van der Waals surface area contributed by atoms with Gasteiger partial charge in [-0.3, -0.25) is 0 Å². The normalized spacial score (nSPS) is 13.6. The Bertz CT molecular complexity index is 5820. The van der Waals surface area contributed by atoms with Gasteiger partial charge in [0.15, 0.2) is 0 Å². The molecule has 0 amide bonds. The molecule has 92 heavy (non-hydrogen) atoms. The molecule has 2 aliphatic carbocycles. The third kappa shape index (κ3) is 7.07. The standard InChI is InChI=1S/C86H56N6/c1-85(2)70-28-16-12-24-58(70)60-36-32-53(42-72(60)85)51-34-38-77-64(40-51)68-47-80-66(62-26-14-18-30-75(62)89(80)56-20-8-6-9-21-56)45-82(68)91(77)79-49-74(88-5)84(44-55(79)50-87)92-78-39-35-52(54-33-37-61-59-25-13-17-29-71(59)86(3,4)73(61)43-54)41-65(78)69-48-81-67(46-83(69)92)63-27-15-19-31-76(63)90(81)57-22-10-7-11-23-57/h6-49H,1-4H3. The molecule has 4 heterocycles. The Morgan fingerprint density at radius 2 is 0.663 bits per heavy atom. The molecule has 17 aromatic rings. The molecule has 0 N–H and O–H groups in total. The molecular weight excluding hydrogens is 1120 g/mol. The number of para-hydroxylation sites is 4. The van der Waals surface area contributed by atoms with Gasteiger partial charge in [0.2, 0.25) is 5.69 Å². The maximum atomic E-state index is 11.8. The fraction of sp³-hybridized carbons (Fsp3) is 0.0698.